The number of para-hydroxylation sites is 2. The number of anilines is 2. The number of carbonyl (C=O) groups excluding carboxylic acids is 2. The van der Waals surface area contributed by atoms with Crippen molar-refractivity contribution in [3.05, 3.63) is 84.4 Å². The van der Waals surface area contributed by atoms with Crippen LogP contribution < -0.4 is 20.1 Å². The molecule has 0 aromatic heterocycles. The monoisotopic (exact) mass is 418 g/mol. The Labute approximate surface area is 182 Å². The van der Waals surface area contributed by atoms with Crippen LogP contribution >= 0.6 is 0 Å². The van der Waals surface area contributed by atoms with Crippen LogP contribution in [0.3, 0.4) is 0 Å². The summed E-state index contributed by atoms with van der Waals surface area (Å²) in [5, 5.41) is 5.73. The molecule has 160 valence electrons. The number of rotatable bonds is 8. The average Bonchev–Trinajstić information content (AvgIpc) is 2.77. The highest BCUT2D eigenvalue weighted by molar-refractivity contribution is 5.98. The molecule has 0 heterocycles. The molecular formula is C25H26N2O4. The van der Waals surface area contributed by atoms with Gasteiger partial charge in [-0.2, -0.15) is 0 Å². The quantitative estimate of drug-likeness (QED) is 0.551. The fourth-order valence-corrected chi connectivity index (χ4v) is 2.89. The van der Waals surface area contributed by atoms with Gasteiger partial charge >= 0.3 is 0 Å². The molecule has 0 saturated heterocycles. The van der Waals surface area contributed by atoms with Crippen molar-refractivity contribution < 1.29 is 19.1 Å². The molecule has 0 aliphatic heterocycles. The van der Waals surface area contributed by atoms with Crippen molar-refractivity contribution in [3.8, 4) is 11.5 Å². The van der Waals surface area contributed by atoms with E-state index in [0.717, 1.165) is 5.56 Å². The van der Waals surface area contributed by atoms with Crippen molar-refractivity contribution in [2.45, 2.75) is 33.0 Å². The minimum Gasteiger partial charge on any atom is -0.481 e. The van der Waals surface area contributed by atoms with Crippen LogP contribution in [0.4, 0.5) is 11.4 Å². The van der Waals surface area contributed by atoms with E-state index in [1.165, 1.54) is 0 Å². The van der Waals surface area contributed by atoms with E-state index >= 15 is 0 Å². The molecular weight excluding hydrogens is 392 g/mol. The molecule has 0 unspecified atom stereocenters. The third-order valence-corrected chi connectivity index (χ3v) is 4.70. The second-order valence-electron chi connectivity index (χ2n) is 7.10. The van der Waals surface area contributed by atoms with Gasteiger partial charge in [0.2, 0.25) is 0 Å². The summed E-state index contributed by atoms with van der Waals surface area (Å²) >= 11 is 0. The molecule has 0 bridgehead atoms. The lowest BCUT2D eigenvalue weighted by molar-refractivity contribution is -0.122. The summed E-state index contributed by atoms with van der Waals surface area (Å²) in [5.74, 6) is 0.679. The van der Waals surface area contributed by atoms with Crippen LogP contribution in [0.5, 0.6) is 11.5 Å². The summed E-state index contributed by atoms with van der Waals surface area (Å²) in [7, 11) is 0. The van der Waals surface area contributed by atoms with E-state index in [1.54, 1.807) is 56.3 Å². The molecule has 3 aromatic carbocycles. The Hall–Kier alpha value is -3.80. The molecule has 0 aliphatic rings. The van der Waals surface area contributed by atoms with E-state index < -0.39 is 12.2 Å². The van der Waals surface area contributed by atoms with E-state index in [-0.39, 0.29) is 11.8 Å². The van der Waals surface area contributed by atoms with Crippen LogP contribution in [0.15, 0.2) is 78.9 Å². The van der Waals surface area contributed by atoms with Crippen molar-refractivity contribution in [2.24, 2.45) is 0 Å². The van der Waals surface area contributed by atoms with Crippen molar-refractivity contribution >= 4 is 23.2 Å². The van der Waals surface area contributed by atoms with Crippen molar-refractivity contribution in [1.82, 2.24) is 0 Å². The number of carbonyl (C=O) groups is 2. The second-order valence-corrected chi connectivity index (χ2v) is 7.10. The predicted octanol–water partition coefficient (Wildman–Crippen LogP) is 4.81. The number of hydrogen-bond donors (Lipinski definition) is 2. The first-order chi connectivity index (χ1) is 14.9. The predicted molar refractivity (Wildman–Crippen MR) is 122 cm³/mol. The zero-order valence-corrected chi connectivity index (χ0v) is 17.8. The Morgan fingerprint density at radius 1 is 0.645 bits per heavy atom. The van der Waals surface area contributed by atoms with Gasteiger partial charge in [0, 0.05) is 11.4 Å². The fourth-order valence-electron chi connectivity index (χ4n) is 2.89. The highest BCUT2D eigenvalue weighted by atomic mass is 16.5. The molecule has 3 aromatic rings. The van der Waals surface area contributed by atoms with Crippen LogP contribution in [0, 0.1) is 6.92 Å². The van der Waals surface area contributed by atoms with Crippen LogP contribution in [-0.2, 0) is 9.59 Å². The highest BCUT2D eigenvalue weighted by Crippen LogP contribution is 2.24. The zero-order valence-electron chi connectivity index (χ0n) is 17.8. The molecule has 0 saturated carbocycles. The SMILES string of the molecule is Cc1c(NC(=O)[C@H](C)Oc2ccccc2)cccc1NC(=O)[C@@H](C)Oc1ccccc1. The summed E-state index contributed by atoms with van der Waals surface area (Å²) in [5.41, 5.74) is 1.94. The maximum atomic E-state index is 12.6. The molecule has 0 radical (unpaired) electrons. The molecule has 0 spiro atoms. The first kappa shape index (κ1) is 21.9. The lowest BCUT2D eigenvalue weighted by Gasteiger charge is -2.18. The Bertz CT molecular complexity index is 942. The van der Waals surface area contributed by atoms with E-state index in [1.807, 2.05) is 43.3 Å². The standard InChI is InChI=1S/C25H26N2O4/c1-17-22(26-24(28)18(2)30-20-11-6-4-7-12-20)15-10-16-23(17)27-25(29)19(3)31-21-13-8-5-9-14-21/h4-16,18-19H,1-3H3,(H,26,28)(H,27,29)/t18-,19+. The van der Waals surface area contributed by atoms with Gasteiger partial charge in [0.15, 0.2) is 12.2 Å². The van der Waals surface area contributed by atoms with Crippen molar-refractivity contribution in [1.29, 1.82) is 0 Å². The summed E-state index contributed by atoms with van der Waals surface area (Å²) in [6.45, 7) is 5.20. The van der Waals surface area contributed by atoms with Gasteiger partial charge in [-0.3, -0.25) is 9.59 Å². The molecule has 2 amide bonds. The average molecular weight is 418 g/mol. The van der Waals surface area contributed by atoms with E-state index in [0.29, 0.717) is 22.9 Å². The second kappa shape index (κ2) is 10.3. The highest BCUT2D eigenvalue weighted by Gasteiger charge is 2.19. The zero-order chi connectivity index (χ0) is 22.2. The first-order valence-corrected chi connectivity index (χ1v) is 10.1. The lowest BCUT2D eigenvalue weighted by atomic mass is 10.1. The van der Waals surface area contributed by atoms with Crippen molar-refractivity contribution in [2.75, 3.05) is 10.6 Å². The van der Waals surface area contributed by atoms with Crippen LogP contribution in [-0.4, -0.2) is 24.0 Å². The number of benzene rings is 3. The van der Waals surface area contributed by atoms with Gasteiger partial charge in [-0.1, -0.05) is 42.5 Å². The minimum absolute atomic E-state index is 0.281. The Morgan fingerprint density at radius 3 is 1.42 bits per heavy atom. The molecule has 2 atom stereocenters. The minimum atomic E-state index is -0.681. The summed E-state index contributed by atoms with van der Waals surface area (Å²) in [4.78, 5) is 25.1. The molecule has 6 heteroatoms. The van der Waals surface area contributed by atoms with E-state index in [4.69, 9.17) is 9.47 Å². The number of hydrogen-bond acceptors (Lipinski definition) is 4. The largest absolute Gasteiger partial charge is 0.481 e. The van der Waals surface area contributed by atoms with Gasteiger partial charge in [0.05, 0.1) is 0 Å². The third kappa shape index (κ3) is 6.09. The Kier molecular flexibility index (Phi) is 7.27. The molecule has 0 fully saturated rings. The summed E-state index contributed by atoms with van der Waals surface area (Å²) < 4.78 is 11.3. The van der Waals surface area contributed by atoms with Crippen molar-refractivity contribution in [3.63, 3.8) is 0 Å². The Morgan fingerprint density at radius 2 is 1.03 bits per heavy atom. The van der Waals surface area contributed by atoms with Crippen LogP contribution in [0.25, 0.3) is 0 Å². The first-order valence-electron chi connectivity index (χ1n) is 10.1. The number of ether oxygens (including phenoxy) is 2. The van der Waals surface area contributed by atoms with Gasteiger partial charge < -0.3 is 20.1 Å². The summed E-state index contributed by atoms with van der Waals surface area (Å²) in [6.07, 6.45) is -1.36. The van der Waals surface area contributed by atoms with E-state index in [2.05, 4.69) is 10.6 Å². The fraction of sp³-hybridized carbons (Fsp3) is 0.200. The van der Waals surface area contributed by atoms with E-state index in [9.17, 15) is 9.59 Å². The van der Waals surface area contributed by atoms with Gasteiger partial charge in [-0.05, 0) is 62.7 Å². The summed E-state index contributed by atoms with van der Waals surface area (Å²) in [6, 6.07) is 23.7. The molecule has 31 heavy (non-hydrogen) atoms. The van der Waals surface area contributed by atoms with Gasteiger partial charge in [0.1, 0.15) is 11.5 Å². The molecule has 3 rings (SSSR count). The van der Waals surface area contributed by atoms with Crippen LogP contribution in [0.2, 0.25) is 0 Å². The van der Waals surface area contributed by atoms with Gasteiger partial charge in [0.25, 0.3) is 11.8 Å². The number of amides is 2. The molecule has 2 N–H and O–H groups in total. The smallest absolute Gasteiger partial charge is 0.265 e. The maximum Gasteiger partial charge on any atom is 0.265 e. The Balaban J connectivity index is 1.62. The van der Waals surface area contributed by atoms with Gasteiger partial charge in [-0.25, -0.2) is 0 Å². The topological polar surface area (TPSA) is 76.7 Å². The molecule has 0 aliphatic carbocycles. The molecule has 6 nitrogen and oxygen atoms in total. The lowest BCUT2D eigenvalue weighted by Crippen LogP contribution is -2.31. The van der Waals surface area contributed by atoms with Gasteiger partial charge in [-0.15, -0.1) is 0 Å². The maximum absolute atomic E-state index is 12.6. The number of nitrogens with one attached hydrogen (secondary N) is 2. The normalized spacial score (nSPS) is 12.4. The third-order valence-electron chi connectivity index (χ3n) is 4.70. The van der Waals surface area contributed by atoms with Crippen LogP contribution in [0.1, 0.15) is 19.4 Å².